The number of aromatic nitrogens is 6. The minimum atomic E-state index is 0.583. The monoisotopic (exact) mass is 425 g/mol. The molecule has 156 valence electrons. The van der Waals surface area contributed by atoms with Gasteiger partial charge in [0.2, 0.25) is 5.95 Å². The van der Waals surface area contributed by atoms with Crippen LogP contribution in [0.1, 0.15) is 25.7 Å². The summed E-state index contributed by atoms with van der Waals surface area (Å²) in [6.45, 7) is 2.82. The second kappa shape index (κ2) is 8.55. The predicted molar refractivity (Wildman–Crippen MR) is 113 cm³/mol. The molecule has 0 radical (unpaired) electrons. The van der Waals surface area contributed by atoms with Crippen molar-refractivity contribution in [2.24, 2.45) is 17.8 Å². The molecule has 3 aromatic rings. The second-order valence-corrected chi connectivity index (χ2v) is 8.48. The fourth-order valence-corrected chi connectivity index (χ4v) is 4.56. The van der Waals surface area contributed by atoms with Crippen LogP contribution < -0.4 is 9.64 Å². The van der Waals surface area contributed by atoms with Crippen LogP contribution in [0.2, 0.25) is 5.02 Å². The number of hydrogen-bond donors (Lipinski definition) is 0. The summed E-state index contributed by atoms with van der Waals surface area (Å²) in [5.41, 5.74) is 0.873. The first-order chi connectivity index (χ1) is 14.8. The smallest absolute Gasteiger partial charge is 0.225 e. The summed E-state index contributed by atoms with van der Waals surface area (Å²) in [5, 5.41) is 12.2. The lowest BCUT2D eigenvalue weighted by atomic mass is 9.90. The molecule has 0 unspecified atom stereocenters. The van der Waals surface area contributed by atoms with Crippen LogP contribution in [0, 0.1) is 17.8 Å². The number of rotatable bonds is 7. The van der Waals surface area contributed by atoms with Gasteiger partial charge in [-0.3, -0.25) is 0 Å². The summed E-state index contributed by atoms with van der Waals surface area (Å²) in [6.07, 6.45) is 9.65. The van der Waals surface area contributed by atoms with Crippen molar-refractivity contribution in [1.82, 2.24) is 30.2 Å². The van der Waals surface area contributed by atoms with Gasteiger partial charge in [-0.25, -0.2) is 9.97 Å². The van der Waals surface area contributed by atoms with Gasteiger partial charge in [0.1, 0.15) is 5.75 Å². The number of anilines is 1. The van der Waals surface area contributed by atoms with E-state index in [0.717, 1.165) is 61.3 Å². The Morgan fingerprint density at radius 1 is 1.07 bits per heavy atom. The summed E-state index contributed by atoms with van der Waals surface area (Å²) < 4.78 is 5.95. The number of tetrazole rings is 1. The lowest BCUT2D eigenvalue weighted by Crippen LogP contribution is -2.35. The van der Waals surface area contributed by atoms with E-state index >= 15 is 0 Å². The van der Waals surface area contributed by atoms with Crippen LogP contribution in [-0.2, 0) is 0 Å². The Morgan fingerprint density at radius 3 is 2.53 bits per heavy atom. The molecule has 2 atom stereocenters. The Bertz CT molecular complexity index is 941. The molecule has 1 aliphatic heterocycles. The molecule has 1 saturated carbocycles. The summed E-state index contributed by atoms with van der Waals surface area (Å²) in [4.78, 5) is 12.5. The molecule has 0 N–H and O–H groups in total. The summed E-state index contributed by atoms with van der Waals surface area (Å²) in [7, 11) is 0. The molecule has 8 nitrogen and oxygen atoms in total. The van der Waals surface area contributed by atoms with Gasteiger partial charge in [0.15, 0.2) is 6.33 Å². The van der Waals surface area contributed by atoms with Gasteiger partial charge in [-0.1, -0.05) is 11.6 Å². The molecule has 1 aromatic carbocycles. The SMILES string of the molecule is Clc1cnc(N2CCC([C@@H]3C[C@@H]3CCOc3ccc(-n4ncnn4)cc3)CC2)nc1. The Labute approximate surface area is 180 Å². The third kappa shape index (κ3) is 4.38. The highest BCUT2D eigenvalue weighted by molar-refractivity contribution is 6.30. The molecule has 0 spiro atoms. The molecule has 1 saturated heterocycles. The maximum Gasteiger partial charge on any atom is 0.225 e. The third-order valence-electron chi connectivity index (χ3n) is 6.19. The number of ether oxygens (including phenoxy) is 1. The molecular weight excluding hydrogens is 402 g/mol. The van der Waals surface area contributed by atoms with Crippen LogP contribution in [0.25, 0.3) is 5.69 Å². The van der Waals surface area contributed by atoms with E-state index in [1.807, 2.05) is 24.3 Å². The molecular formula is C21H24ClN7O. The normalized spacial score (nSPS) is 21.6. The first-order valence-electron chi connectivity index (χ1n) is 10.4. The highest BCUT2D eigenvalue weighted by Crippen LogP contribution is 2.49. The van der Waals surface area contributed by atoms with Crippen LogP contribution in [-0.4, -0.2) is 49.9 Å². The molecule has 2 aliphatic rings. The highest BCUT2D eigenvalue weighted by atomic mass is 35.5. The molecule has 5 rings (SSSR count). The van der Waals surface area contributed by atoms with Crippen molar-refractivity contribution in [1.29, 1.82) is 0 Å². The van der Waals surface area contributed by atoms with Crippen LogP contribution in [0.5, 0.6) is 5.75 Å². The van der Waals surface area contributed by atoms with Crippen LogP contribution in [0.3, 0.4) is 0 Å². The van der Waals surface area contributed by atoms with Crippen molar-refractivity contribution in [2.75, 3.05) is 24.6 Å². The lowest BCUT2D eigenvalue weighted by Gasteiger charge is -2.32. The standard InChI is InChI=1S/C21H24ClN7O/c22-17-12-23-21(24-13-17)28-8-5-15(6-9-28)20-11-16(20)7-10-30-19-3-1-18(2-4-19)29-26-14-25-27-29/h1-4,12-16,20H,5-11H2/t16-,20-/m0/s1. The Hall–Kier alpha value is -2.74. The lowest BCUT2D eigenvalue weighted by molar-refractivity contribution is 0.284. The summed E-state index contributed by atoms with van der Waals surface area (Å²) >= 11 is 5.89. The maximum atomic E-state index is 5.95. The average Bonchev–Trinajstić information content (AvgIpc) is 3.34. The summed E-state index contributed by atoms with van der Waals surface area (Å²) in [6, 6.07) is 7.79. The fraction of sp³-hybridized carbons (Fsp3) is 0.476. The molecule has 9 heteroatoms. The molecule has 30 heavy (non-hydrogen) atoms. The largest absolute Gasteiger partial charge is 0.494 e. The van der Waals surface area contributed by atoms with E-state index in [-0.39, 0.29) is 0 Å². The molecule has 3 heterocycles. The Balaban J connectivity index is 1.03. The Kier molecular flexibility index (Phi) is 5.48. The first kappa shape index (κ1) is 19.2. The van der Waals surface area contributed by atoms with Crippen molar-refractivity contribution in [3.63, 3.8) is 0 Å². The van der Waals surface area contributed by atoms with E-state index < -0.39 is 0 Å². The van der Waals surface area contributed by atoms with Gasteiger partial charge in [0.25, 0.3) is 0 Å². The molecule has 2 aromatic heterocycles. The number of hydrogen-bond acceptors (Lipinski definition) is 7. The zero-order chi connectivity index (χ0) is 20.3. The van der Waals surface area contributed by atoms with Crippen LogP contribution >= 0.6 is 11.6 Å². The molecule has 0 bridgehead atoms. The van der Waals surface area contributed by atoms with Gasteiger partial charge in [-0.15, -0.1) is 15.0 Å². The molecule has 1 aliphatic carbocycles. The molecule has 0 amide bonds. The van der Waals surface area contributed by atoms with Crippen LogP contribution in [0.4, 0.5) is 5.95 Å². The third-order valence-corrected chi connectivity index (χ3v) is 6.38. The predicted octanol–water partition coefficient (Wildman–Crippen LogP) is 3.43. The van der Waals surface area contributed by atoms with E-state index in [0.29, 0.717) is 5.02 Å². The number of nitrogens with zero attached hydrogens (tertiary/aromatic N) is 7. The minimum Gasteiger partial charge on any atom is -0.494 e. The van der Waals surface area contributed by atoms with Gasteiger partial charge in [-0.05, 0) is 72.9 Å². The zero-order valence-electron chi connectivity index (χ0n) is 16.6. The second-order valence-electron chi connectivity index (χ2n) is 8.04. The van der Waals surface area contributed by atoms with Crippen molar-refractivity contribution in [2.45, 2.75) is 25.7 Å². The van der Waals surface area contributed by atoms with E-state index in [9.17, 15) is 0 Å². The maximum absolute atomic E-state index is 5.95. The van der Waals surface area contributed by atoms with Gasteiger partial charge in [0, 0.05) is 13.1 Å². The van der Waals surface area contributed by atoms with E-state index in [1.54, 1.807) is 12.4 Å². The minimum absolute atomic E-state index is 0.583. The fourth-order valence-electron chi connectivity index (χ4n) is 4.47. The van der Waals surface area contributed by atoms with Crippen molar-refractivity contribution in [3.05, 3.63) is 48.0 Å². The topological polar surface area (TPSA) is 81.9 Å². The number of halogens is 1. The highest BCUT2D eigenvalue weighted by Gasteiger charge is 2.43. The van der Waals surface area contributed by atoms with Crippen molar-refractivity contribution < 1.29 is 4.74 Å². The summed E-state index contributed by atoms with van der Waals surface area (Å²) in [5.74, 6) is 4.14. The zero-order valence-corrected chi connectivity index (χ0v) is 17.4. The van der Waals surface area contributed by atoms with E-state index in [1.165, 1.54) is 30.4 Å². The van der Waals surface area contributed by atoms with E-state index in [2.05, 4.69) is 30.3 Å². The first-order valence-corrected chi connectivity index (χ1v) is 10.8. The Morgan fingerprint density at radius 2 is 1.83 bits per heavy atom. The van der Waals surface area contributed by atoms with Gasteiger partial charge in [-0.2, -0.15) is 0 Å². The van der Waals surface area contributed by atoms with Crippen molar-refractivity contribution in [3.8, 4) is 11.4 Å². The van der Waals surface area contributed by atoms with Gasteiger partial charge in [0.05, 0.1) is 29.7 Å². The van der Waals surface area contributed by atoms with Gasteiger partial charge < -0.3 is 9.64 Å². The quantitative estimate of drug-likeness (QED) is 0.573. The van der Waals surface area contributed by atoms with Crippen molar-refractivity contribution >= 4 is 17.5 Å². The average molecular weight is 426 g/mol. The van der Waals surface area contributed by atoms with Crippen LogP contribution in [0.15, 0.2) is 43.0 Å². The number of benzene rings is 1. The molecule has 2 fully saturated rings. The number of piperidine rings is 1. The van der Waals surface area contributed by atoms with E-state index in [4.69, 9.17) is 16.3 Å². The van der Waals surface area contributed by atoms with Gasteiger partial charge >= 0.3 is 0 Å².